The van der Waals surface area contributed by atoms with Gasteiger partial charge in [-0.15, -0.1) is 0 Å². The molecule has 1 aromatic carbocycles. The molecule has 0 bridgehead atoms. The molecule has 2 aromatic rings. The Labute approximate surface area is 88.5 Å². The van der Waals surface area contributed by atoms with Gasteiger partial charge < -0.3 is 9.52 Å². The first kappa shape index (κ1) is 8.98. The molecule has 0 saturated heterocycles. The van der Waals surface area contributed by atoms with Crippen LogP contribution in [0.15, 0.2) is 34.7 Å². The maximum Gasteiger partial charge on any atom is 0.134 e. The average Bonchev–Trinajstić information content (AvgIpc) is 2.85. The van der Waals surface area contributed by atoms with Crippen molar-refractivity contribution in [3.05, 3.63) is 36.1 Å². The van der Waals surface area contributed by atoms with Gasteiger partial charge in [0.1, 0.15) is 17.4 Å². The minimum Gasteiger partial charge on any atom is -0.458 e. The monoisotopic (exact) mass is 202 g/mol. The Morgan fingerprint density at radius 1 is 1.33 bits per heavy atom. The zero-order chi connectivity index (χ0) is 10.5. The second kappa shape index (κ2) is 2.86. The van der Waals surface area contributed by atoms with Crippen LogP contribution in [0, 0.1) is 5.41 Å². The molecule has 1 aromatic heterocycles. The molecule has 0 spiro atoms. The van der Waals surface area contributed by atoms with Crippen molar-refractivity contribution in [2.24, 2.45) is 5.41 Å². The van der Waals surface area contributed by atoms with Crippen molar-refractivity contribution in [3.63, 3.8) is 0 Å². The summed E-state index contributed by atoms with van der Waals surface area (Å²) >= 11 is 0. The quantitative estimate of drug-likeness (QED) is 0.810. The van der Waals surface area contributed by atoms with E-state index in [2.05, 4.69) is 6.92 Å². The van der Waals surface area contributed by atoms with Crippen LogP contribution in [0.5, 0.6) is 0 Å². The minimum atomic E-state index is -0.454. The number of para-hydroxylation sites is 1. The average molecular weight is 202 g/mol. The van der Waals surface area contributed by atoms with Crippen molar-refractivity contribution < 1.29 is 9.52 Å². The number of rotatable bonds is 2. The second-order valence-electron chi connectivity index (χ2n) is 4.74. The minimum absolute atomic E-state index is 0.0495. The zero-order valence-electron chi connectivity index (χ0n) is 8.73. The SMILES string of the molecule is CC1(C(O)c2cc3ccccc3o2)CC1. The topological polar surface area (TPSA) is 33.4 Å². The van der Waals surface area contributed by atoms with Crippen molar-refractivity contribution in [1.29, 1.82) is 0 Å². The summed E-state index contributed by atoms with van der Waals surface area (Å²) in [6, 6.07) is 9.81. The summed E-state index contributed by atoms with van der Waals surface area (Å²) in [5.41, 5.74) is 0.907. The van der Waals surface area contributed by atoms with Crippen molar-refractivity contribution in [1.82, 2.24) is 0 Å². The maximum atomic E-state index is 10.1. The van der Waals surface area contributed by atoms with Crippen LogP contribution >= 0.6 is 0 Å². The number of hydrogen-bond donors (Lipinski definition) is 1. The smallest absolute Gasteiger partial charge is 0.134 e. The number of benzene rings is 1. The van der Waals surface area contributed by atoms with Gasteiger partial charge in [0.15, 0.2) is 0 Å². The molecule has 1 aliphatic carbocycles. The molecule has 1 aliphatic rings. The van der Waals surface area contributed by atoms with Crippen LogP contribution in [-0.2, 0) is 0 Å². The van der Waals surface area contributed by atoms with Crippen molar-refractivity contribution in [2.45, 2.75) is 25.9 Å². The molecule has 1 atom stereocenters. The van der Waals surface area contributed by atoms with Crippen LogP contribution in [0.3, 0.4) is 0 Å². The Kier molecular flexibility index (Phi) is 1.71. The number of aliphatic hydroxyl groups is 1. The largest absolute Gasteiger partial charge is 0.458 e. The molecule has 2 heteroatoms. The highest BCUT2D eigenvalue weighted by atomic mass is 16.4. The van der Waals surface area contributed by atoms with Crippen molar-refractivity contribution in [2.75, 3.05) is 0 Å². The summed E-state index contributed by atoms with van der Waals surface area (Å²) in [6.07, 6.45) is 1.72. The van der Waals surface area contributed by atoms with E-state index in [-0.39, 0.29) is 5.41 Å². The molecule has 0 radical (unpaired) electrons. The van der Waals surface area contributed by atoms with Gasteiger partial charge in [0.25, 0.3) is 0 Å². The molecular weight excluding hydrogens is 188 g/mol. The lowest BCUT2D eigenvalue weighted by Gasteiger charge is -2.14. The predicted molar refractivity (Wildman–Crippen MR) is 58.5 cm³/mol. The predicted octanol–water partition coefficient (Wildman–Crippen LogP) is 3.27. The van der Waals surface area contributed by atoms with Crippen LogP contribution in [0.25, 0.3) is 11.0 Å². The summed E-state index contributed by atoms with van der Waals surface area (Å²) in [5, 5.41) is 11.2. The molecule has 1 saturated carbocycles. The molecule has 1 N–H and O–H groups in total. The van der Waals surface area contributed by atoms with E-state index in [1.165, 1.54) is 0 Å². The van der Waals surface area contributed by atoms with Gasteiger partial charge in [0, 0.05) is 10.8 Å². The fraction of sp³-hybridized carbons (Fsp3) is 0.385. The summed E-state index contributed by atoms with van der Waals surface area (Å²) < 4.78 is 5.65. The van der Waals surface area contributed by atoms with Crippen molar-refractivity contribution >= 4 is 11.0 Å². The lowest BCUT2D eigenvalue weighted by Crippen LogP contribution is -2.08. The third kappa shape index (κ3) is 1.37. The summed E-state index contributed by atoms with van der Waals surface area (Å²) in [7, 11) is 0. The van der Waals surface area contributed by atoms with E-state index in [1.807, 2.05) is 30.3 Å². The van der Waals surface area contributed by atoms with Crippen LogP contribution < -0.4 is 0 Å². The highest BCUT2D eigenvalue weighted by Crippen LogP contribution is 2.54. The first-order chi connectivity index (χ1) is 7.19. The lowest BCUT2D eigenvalue weighted by molar-refractivity contribution is 0.0827. The second-order valence-corrected chi connectivity index (χ2v) is 4.74. The number of furan rings is 1. The Bertz CT molecular complexity index is 461. The van der Waals surface area contributed by atoms with E-state index in [9.17, 15) is 5.11 Å². The molecule has 0 aliphatic heterocycles. The third-order valence-corrected chi connectivity index (χ3v) is 3.41. The summed E-state index contributed by atoms with van der Waals surface area (Å²) in [4.78, 5) is 0. The van der Waals surface area contributed by atoms with Crippen LogP contribution in [-0.4, -0.2) is 5.11 Å². The highest BCUT2D eigenvalue weighted by molar-refractivity contribution is 5.77. The number of fused-ring (bicyclic) bond motifs is 1. The first-order valence-electron chi connectivity index (χ1n) is 5.36. The molecule has 0 amide bonds. The zero-order valence-corrected chi connectivity index (χ0v) is 8.73. The first-order valence-corrected chi connectivity index (χ1v) is 5.36. The van der Waals surface area contributed by atoms with Crippen molar-refractivity contribution in [3.8, 4) is 0 Å². The third-order valence-electron chi connectivity index (χ3n) is 3.41. The lowest BCUT2D eigenvalue weighted by atomic mass is 10.00. The van der Waals surface area contributed by atoms with Gasteiger partial charge >= 0.3 is 0 Å². The van der Waals surface area contributed by atoms with Crippen LogP contribution in [0.1, 0.15) is 31.6 Å². The molecule has 3 rings (SSSR count). The Morgan fingerprint density at radius 3 is 2.73 bits per heavy atom. The van der Waals surface area contributed by atoms with Crippen LogP contribution in [0.4, 0.5) is 0 Å². The molecule has 15 heavy (non-hydrogen) atoms. The van der Waals surface area contributed by atoms with Gasteiger partial charge in [-0.25, -0.2) is 0 Å². The van der Waals surface area contributed by atoms with E-state index in [0.717, 1.165) is 23.8 Å². The van der Waals surface area contributed by atoms with E-state index in [1.54, 1.807) is 0 Å². The fourth-order valence-corrected chi connectivity index (χ4v) is 1.95. The van der Waals surface area contributed by atoms with Gasteiger partial charge in [0.05, 0.1) is 0 Å². The molecule has 1 heterocycles. The fourth-order valence-electron chi connectivity index (χ4n) is 1.95. The molecule has 1 unspecified atom stereocenters. The van der Waals surface area contributed by atoms with E-state index in [4.69, 9.17) is 4.42 Å². The Balaban J connectivity index is 2.04. The van der Waals surface area contributed by atoms with Gasteiger partial charge in [-0.05, 0) is 25.0 Å². The standard InChI is InChI=1S/C13H14O2/c1-13(6-7-13)12(14)11-8-9-4-2-3-5-10(9)15-11/h2-5,8,12,14H,6-7H2,1H3. The summed E-state index contributed by atoms with van der Waals surface area (Å²) in [6.45, 7) is 2.10. The van der Waals surface area contributed by atoms with E-state index in [0.29, 0.717) is 5.76 Å². The van der Waals surface area contributed by atoms with Gasteiger partial charge in [-0.2, -0.15) is 0 Å². The molecule has 78 valence electrons. The number of aliphatic hydroxyl groups excluding tert-OH is 1. The maximum absolute atomic E-state index is 10.1. The number of hydrogen-bond acceptors (Lipinski definition) is 2. The van der Waals surface area contributed by atoms with Gasteiger partial charge in [-0.1, -0.05) is 25.1 Å². The summed E-state index contributed by atoms with van der Waals surface area (Å²) in [5.74, 6) is 0.705. The van der Waals surface area contributed by atoms with E-state index < -0.39 is 6.10 Å². The Morgan fingerprint density at radius 2 is 2.07 bits per heavy atom. The van der Waals surface area contributed by atoms with Gasteiger partial charge in [-0.3, -0.25) is 0 Å². The molecule has 2 nitrogen and oxygen atoms in total. The van der Waals surface area contributed by atoms with Gasteiger partial charge in [0.2, 0.25) is 0 Å². The Hall–Kier alpha value is -1.28. The molecule has 1 fully saturated rings. The highest BCUT2D eigenvalue weighted by Gasteiger charge is 2.46. The van der Waals surface area contributed by atoms with Crippen LogP contribution in [0.2, 0.25) is 0 Å². The molecular formula is C13H14O2. The van der Waals surface area contributed by atoms with E-state index >= 15 is 0 Å². The normalized spacial score (nSPS) is 20.4.